The van der Waals surface area contributed by atoms with Crippen LogP contribution < -0.4 is 5.32 Å². The number of amides is 2. The number of aromatic nitrogens is 1. The van der Waals surface area contributed by atoms with Crippen LogP contribution in [0, 0.1) is 11.3 Å². The van der Waals surface area contributed by atoms with Crippen LogP contribution >= 0.6 is 0 Å². The first-order chi connectivity index (χ1) is 10.5. The number of nitrogens with zero attached hydrogens (tertiary/aromatic N) is 2. The zero-order valence-electron chi connectivity index (χ0n) is 12.7. The maximum atomic E-state index is 12.4. The Labute approximate surface area is 129 Å². The summed E-state index contributed by atoms with van der Waals surface area (Å²) in [5.74, 6) is -0.677. The fourth-order valence-electron chi connectivity index (χ4n) is 3.78. The van der Waals surface area contributed by atoms with Gasteiger partial charge in [0.05, 0.1) is 17.2 Å². The topological polar surface area (TPSA) is 82.5 Å². The van der Waals surface area contributed by atoms with E-state index in [9.17, 15) is 14.7 Å². The van der Waals surface area contributed by atoms with Gasteiger partial charge in [0.2, 0.25) is 0 Å². The van der Waals surface area contributed by atoms with Gasteiger partial charge in [-0.15, -0.1) is 0 Å². The Bertz CT molecular complexity index is 577. The summed E-state index contributed by atoms with van der Waals surface area (Å²) in [6.45, 7) is 2.73. The molecule has 2 heterocycles. The van der Waals surface area contributed by atoms with Crippen molar-refractivity contribution < 1.29 is 14.7 Å². The van der Waals surface area contributed by atoms with Crippen molar-refractivity contribution in [2.24, 2.45) is 11.3 Å². The minimum Gasteiger partial charge on any atom is -0.481 e. The highest BCUT2D eigenvalue weighted by Gasteiger charge is 2.55. The Morgan fingerprint density at radius 1 is 1.50 bits per heavy atom. The van der Waals surface area contributed by atoms with Gasteiger partial charge in [-0.2, -0.15) is 0 Å². The normalized spacial score (nSPS) is 28.2. The van der Waals surface area contributed by atoms with E-state index in [2.05, 4.69) is 10.3 Å². The Hall–Kier alpha value is -2.11. The number of hydrogen-bond donors (Lipinski definition) is 2. The van der Waals surface area contributed by atoms with Crippen molar-refractivity contribution in [3.8, 4) is 0 Å². The van der Waals surface area contributed by atoms with Gasteiger partial charge in [0.25, 0.3) is 0 Å². The second kappa shape index (κ2) is 5.59. The maximum Gasteiger partial charge on any atom is 0.317 e. The Kier molecular flexibility index (Phi) is 3.76. The van der Waals surface area contributed by atoms with E-state index in [0.29, 0.717) is 19.5 Å². The number of likely N-dealkylation sites (tertiary alicyclic amines) is 1. The highest BCUT2D eigenvalue weighted by Crippen LogP contribution is 2.48. The zero-order chi connectivity index (χ0) is 15.7. The van der Waals surface area contributed by atoms with E-state index in [-0.39, 0.29) is 18.0 Å². The number of carbonyl (C=O) groups is 2. The molecule has 2 fully saturated rings. The first-order valence-electron chi connectivity index (χ1n) is 7.73. The first kappa shape index (κ1) is 14.8. The van der Waals surface area contributed by atoms with E-state index in [1.807, 2.05) is 25.1 Å². The molecular weight excluding hydrogens is 282 g/mol. The molecule has 3 atom stereocenters. The predicted molar refractivity (Wildman–Crippen MR) is 80.2 cm³/mol. The van der Waals surface area contributed by atoms with E-state index < -0.39 is 11.4 Å². The SMILES string of the molecule is CC(NC(=O)N1C[C@@H]2CCC[C@@]2(C(=O)O)C1)c1ccccn1. The number of nitrogens with one attached hydrogen (secondary N) is 1. The van der Waals surface area contributed by atoms with Gasteiger partial charge in [-0.3, -0.25) is 9.78 Å². The van der Waals surface area contributed by atoms with Crippen LogP contribution in [-0.2, 0) is 4.79 Å². The molecule has 0 radical (unpaired) electrons. The summed E-state index contributed by atoms with van der Waals surface area (Å²) in [5, 5.41) is 12.5. The molecule has 0 aromatic carbocycles. The van der Waals surface area contributed by atoms with Crippen molar-refractivity contribution >= 4 is 12.0 Å². The van der Waals surface area contributed by atoms with Gasteiger partial charge in [0, 0.05) is 19.3 Å². The molecule has 6 nitrogen and oxygen atoms in total. The minimum atomic E-state index is -0.761. The first-order valence-corrected chi connectivity index (χ1v) is 7.73. The summed E-state index contributed by atoms with van der Waals surface area (Å²) in [4.78, 5) is 29.9. The van der Waals surface area contributed by atoms with Gasteiger partial charge in [-0.1, -0.05) is 12.5 Å². The average molecular weight is 303 g/mol. The van der Waals surface area contributed by atoms with Gasteiger partial charge >= 0.3 is 12.0 Å². The summed E-state index contributed by atoms with van der Waals surface area (Å²) in [7, 11) is 0. The number of carbonyl (C=O) groups excluding carboxylic acids is 1. The number of aliphatic carboxylic acids is 1. The molecule has 6 heteroatoms. The van der Waals surface area contributed by atoms with Crippen molar-refractivity contribution in [2.45, 2.75) is 32.2 Å². The lowest BCUT2D eigenvalue weighted by Crippen LogP contribution is -2.42. The van der Waals surface area contributed by atoms with E-state index >= 15 is 0 Å². The number of rotatable bonds is 3. The second-order valence-corrected chi connectivity index (χ2v) is 6.36. The van der Waals surface area contributed by atoms with Crippen LogP contribution in [0.15, 0.2) is 24.4 Å². The molecule has 2 aliphatic rings. The number of fused-ring (bicyclic) bond motifs is 1. The average Bonchev–Trinajstić information content (AvgIpc) is 3.06. The van der Waals surface area contributed by atoms with Crippen LogP contribution in [0.2, 0.25) is 0 Å². The van der Waals surface area contributed by atoms with Crippen molar-refractivity contribution in [3.63, 3.8) is 0 Å². The highest BCUT2D eigenvalue weighted by atomic mass is 16.4. The summed E-state index contributed by atoms with van der Waals surface area (Å²) in [6, 6.07) is 5.17. The van der Waals surface area contributed by atoms with Crippen molar-refractivity contribution in [3.05, 3.63) is 30.1 Å². The van der Waals surface area contributed by atoms with Gasteiger partial charge in [-0.05, 0) is 37.8 Å². The van der Waals surface area contributed by atoms with Crippen molar-refractivity contribution in [1.82, 2.24) is 15.2 Å². The monoisotopic (exact) mass is 303 g/mol. The van der Waals surface area contributed by atoms with E-state index in [1.54, 1.807) is 11.1 Å². The van der Waals surface area contributed by atoms with Gasteiger partial charge in [-0.25, -0.2) is 4.79 Å². The molecule has 0 spiro atoms. The summed E-state index contributed by atoms with van der Waals surface area (Å²) in [6.07, 6.45) is 4.20. The minimum absolute atomic E-state index is 0.0842. The van der Waals surface area contributed by atoms with Crippen LogP contribution in [0.5, 0.6) is 0 Å². The predicted octanol–water partition coefficient (Wildman–Crippen LogP) is 2.04. The number of carboxylic acid groups (broad SMARTS) is 1. The molecule has 1 aliphatic heterocycles. The molecule has 1 unspecified atom stereocenters. The molecule has 1 aromatic rings. The van der Waals surface area contributed by atoms with Crippen LogP contribution in [0.3, 0.4) is 0 Å². The van der Waals surface area contributed by atoms with Gasteiger partial charge in [0.1, 0.15) is 0 Å². The van der Waals surface area contributed by atoms with E-state index in [0.717, 1.165) is 18.5 Å². The molecule has 1 aromatic heterocycles. The smallest absolute Gasteiger partial charge is 0.317 e. The lowest BCUT2D eigenvalue weighted by molar-refractivity contribution is -0.149. The lowest BCUT2D eigenvalue weighted by Gasteiger charge is -2.24. The third-order valence-electron chi connectivity index (χ3n) is 5.06. The lowest BCUT2D eigenvalue weighted by atomic mass is 9.81. The number of hydrogen-bond acceptors (Lipinski definition) is 3. The number of pyridine rings is 1. The maximum absolute atomic E-state index is 12.4. The second-order valence-electron chi connectivity index (χ2n) is 6.36. The Balaban J connectivity index is 1.66. The molecule has 2 N–H and O–H groups in total. The molecule has 1 aliphatic carbocycles. The Morgan fingerprint density at radius 2 is 2.32 bits per heavy atom. The van der Waals surface area contributed by atoms with Crippen molar-refractivity contribution in [2.75, 3.05) is 13.1 Å². The van der Waals surface area contributed by atoms with Crippen LogP contribution in [-0.4, -0.2) is 40.1 Å². The molecule has 1 saturated heterocycles. The third-order valence-corrected chi connectivity index (χ3v) is 5.06. The summed E-state index contributed by atoms with van der Waals surface area (Å²) < 4.78 is 0. The highest BCUT2D eigenvalue weighted by molar-refractivity contribution is 5.80. The fraction of sp³-hybridized carbons (Fsp3) is 0.562. The third kappa shape index (κ3) is 2.42. The molecule has 3 rings (SSSR count). The van der Waals surface area contributed by atoms with E-state index in [1.165, 1.54) is 0 Å². The van der Waals surface area contributed by atoms with Crippen LogP contribution in [0.25, 0.3) is 0 Å². The summed E-state index contributed by atoms with van der Waals surface area (Å²) in [5.41, 5.74) is 0.0640. The quantitative estimate of drug-likeness (QED) is 0.895. The fourth-order valence-corrected chi connectivity index (χ4v) is 3.78. The van der Waals surface area contributed by atoms with Crippen LogP contribution in [0.1, 0.15) is 37.9 Å². The van der Waals surface area contributed by atoms with Gasteiger partial charge < -0.3 is 15.3 Å². The number of carboxylic acids is 1. The Morgan fingerprint density at radius 3 is 2.95 bits per heavy atom. The number of urea groups is 1. The molecule has 118 valence electrons. The van der Waals surface area contributed by atoms with Gasteiger partial charge in [0.15, 0.2) is 0 Å². The zero-order valence-corrected chi connectivity index (χ0v) is 12.7. The van der Waals surface area contributed by atoms with Crippen LogP contribution in [0.4, 0.5) is 4.79 Å². The largest absolute Gasteiger partial charge is 0.481 e. The standard InChI is InChI=1S/C16H21N3O3/c1-11(13-6-2-3-8-17-13)18-15(22)19-9-12-5-4-7-16(12,10-19)14(20)21/h2-3,6,8,11-12H,4-5,7,9-10H2,1H3,(H,18,22)(H,20,21)/t11?,12-,16+/m0/s1. The van der Waals surface area contributed by atoms with Crippen molar-refractivity contribution in [1.29, 1.82) is 0 Å². The molecule has 2 amide bonds. The summed E-state index contributed by atoms with van der Waals surface area (Å²) >= 11 is 0. The molecule has 0 bridgehead atoms. The molecule has 1 saturated carbocycles. The van der Waals surface area contributed by atoms with E-state index in [4.69, 9.17) is 0 Å². The molecule has 22 heavy (non-hydrogen) atoms. The molecular formula is C16H21N3O3.